The van der Waals surface area contributed by atoms with Gasteiger partial charge >= 0.3 is 5.97 Å². The summed E-state index contributed by atoms with van der Waals surface area (Å²) in [6, 6.07) is 3.56. The van der Waals surface area contributed by atoms with E-state index in [-0.39, 0.29) is 17.8 Å². The SMILES string of the molecule is CCc1ccc(S(=O)(=O)N2C[C@H]3CC(C(=O)O)C[C@H]3C2)s1. The van der Waals surface area contributed by atoms with Crippen LogP contribution in [0.15, 0.2) is 16.3 Å². The third kappa shape index (κ3) is 2.62. The van der Waals surface area contributed by atoms with Gasteiger partial charge in [-0.2, -0.15) is 4.31 Å². The van der Waals surface area contributed by atoms with Gasteiger partial charge in [0.1, 0.15) is 4.21 Å². The molecule has 0 bridgehead atoms. The summed E-state index contributed by atoms with van der Waals surface area (Å²) in [6.07, 6.45) is 2.05. The highest BCUT2D eigenvalue weighted by Gasteiger charge is 2.46. The molecule has 1 N–H and O–H groups in total. The molecule has 0 aromatic carbocycles. The Morgan fingerprint density at radius 1 is 1.33 bits per heavy atom. The number of nitrogens with zero attached hydrogens (tertiary/aromatic N) is 1. The Kier molecular flexibility index (Phi) is 3.83. The van der Waals surface area contributed by atoms with Crippen LogP contribution in [0.1, 0.15) is 24.6 Å². The molecule has 2 heterocycles. The molecule has 1 unspecified atom stereocenters. The van der Waals surface area contributed by atoms with Gasteiger partial charge < -0.3 is 5.11 Å². The largest absolute Gasteiger partial charge is 0.481 e. The Labute approximate surface area is 128 Å². The number of rotatable bonds is 4. The maximum Gasteiger partial charge on any atom is 0.306 e. The van der Waals surface area contributed by atoms with Gasteiger partial charge in [0.15, 0.2) is 0 Å². The van der Waals surface area contributed by atoms with Crippen molar-refractivity contribution in [3.8, 4) is 0 Å². The second-order valence-electron chi connectivity index (χ2n) is 5.92. The molecule has 1 aromatic heterocycles. The van der Waals surface area contributed by atoms with E-state index in [4.69, 9.17) is 5.11 Å². The fourth-order valence-electron chi connectivity index (χ4n) is 3.47. The topological polar surface area (TPSA) is 74.7 Å². The van der Waals surface area contributed by atoms with Crippen LogP contribution in [0.4, 0.5) is 0 Å². The Bertz CT molecular complexity index is 638. The minimum Gasteiger partial charge on any atom is -0.481 e. The normalized spacial score (nSPS) is 29.7. The lowest BCUT2D eigenvalue weighted by molar-refractivity contribution is -0.141. The van der Waals surface area contributed by atoms with Crippen LogP contribution in [0.3, 0.4) is 0 Å². The number of hydrogen-bond acceptors (Lipinski definition) is 4. The third-order valence-corrected chi connectivity index (χ3v) is 8.17. The molecule has 0 spiro atoms. The summed E-state index contributed by atoms with van der Waals surface area (Å²) in [5, 5.41) is 9.07. The van der Waals surface area contributed by atoms with E-state index in [9.17, 15) is 13.2 Å². The fourth-order valence-corrected chi connectivity index (χ4v) is 6.47. The molecule has 2 fully saturated rings. The summed E-state index contributed by atoms with van der Waals surface area (Å²) in [7, 11) is -3.40. The van der Waals surface area contributed by atoms with Crippen molar-refractivity contribution in [3.63, 3.8) is 0 Å². The predicted octanol–water partition coefficient (Wildman–Crippen LogP) is 2.04. The Hall–Kier alpha value is -0.920. The van der Waals surface area contributed by atoms with Crippen LogP contribution in [0.25, 0.3) is 0 Å². The van der Waals surface area contributed by atoms with Gasteiger partial charge in [-0.25, -0.2) is 8.42 Å². The van der Waals surface area contributed by atoms with Gasteiger partial charge in [-0.3, -0.25) is 4.79 Å². The molecule has 1 saturated heterocycles. The molecule has 7 heteroatoms. The summed E-state index contributed by atoms with van der Waals surface area (Å²) >= 11 is 1.34. The number of carboxylic acid groups (broad SMARTS) is 1. The Balaban J connectivity index is 1.74. The average Bonchev–Trinajstić information content (AvgIpc) is 3.12. The zero-order valence-electron chi connectivity index (χ0n) is 11.9. The number of carboxylic acids is 1. The maximum absolute atomic E-state index is 12.6. The molecular weight excluding hydrogens is 310 g/mol. The van der Waals surface area contributed by atoms with Gasteiger partial charge in [0.2, 0.25) is 0 Å². The number of thiophene rings is 1. The first-order chi connectivity index (χ1) is 9.91. The molecule has 2 aliphatic rings. The highest BCUT2D eigenvalue weighted by Crippen LogP contribution is 2.43. The van der Waals surface area contributed by atoms with Crippen molar-refractivity contribution < 1.29 is 18.3 Å². The van der Waals surface area contributed by atoms with E-state index >= 15 is 0 Å². The van der Waals surface area contributed by atoms with Gasteiger partial charge in [0, 0.05) is 18.0 Å². The molecule has 0 amide bonds. The second-order valence-corrected chi connectivity index (χ2v) is 9.26. The summed E-state index contributed by atoms with van der Waals surface area (Å²) in [4.78, 5) is 12.1. The number of aliphatic carboxylic acids is 1. The van der Waals surface area contributed by atoms with Crippen LogP contribution in [-0.2, 0) is 21.2 Å². The molecule has 1 aliphatic heterocycles. The van der Waals surface area contributed by atoms with E-state index in [1.165, 1.54) is 11.3 Å². The van der Waals surface area contributed by atoms with Gasteiger partial charge in [0.05, 0.1) is 5.92 Å². The van der Waals surface area contributed by atoms with Crippen molar-refractivity contribution in [2.45, 2.75) is 30.4 Å². The lowest BCUT2D eigenvalue weighted by atomic mass is 10.0. The lowest BCUT2D eigenvalue weighted by Gasteiger charge is -2.17. The van der Waals surface area contributed by atoms with Crippen LogP contribution < -0.4 is 0 Å². The highest BCUT2D eigenvalue weighted by molar-refractivity contribution is 7.91. The number of fused-ring (bicyclic) bond motifs is 1. The van der Waals surface area contributed by atoms with Crippen LogP contribution in [0, 0.1) is 17.8 Å². The van der Waals surface area contributed by atoms with E-state index in [0.29, 0.717) is 30.1 Å². The van der Waals surface area contributed by atoms with Crippen molar-refractivity contribution in [3.05, 3.63) is 17.0 Å². The van der Waals surface area contributed by atoms with Crippen molar-refractivity contribution in [2.24, 2.45) is 17.8 Å². The van der Waals surface area contributed by atoms with E-state index in [1.54, 1.807) is 10.4 Å². The number of sulfonamides is 1. The number of aryl methyl sites for hydroxylation is 1. The van der Waals surface area contributed by atoms with E-state index in [2.05, 4.69) is 0 Å². The van der Waals surface area contributed by atoms with Gasteiger partial charge in [0.25, 0.3) is 10.0 Å². The zero-order valence-corrected chi connectivity index (χ0v) is 13.5. The van der Waals surface area contributed by atoms with Crippen molar-refractivity contribution in [2.75, 3.05) is 13.1 Å². The first-order valence-corrected chi connectivity index (χ1v) is 9.49. The molecule has 1 aliphatic carbocycles. The summed E-state index contributed by atoms with van der Waals surface area (Å²) in [5.41, 5.74) is 0. The van der Waals surface area contributed by atoms with Crippen LogP contribution in [0.2, 0.25) is 0 Å². The smallest absolute Gasteiger partial charge is 0.306 e. The Morgan fingerprint density at radius 2 is 1.95 bits per heavy atom. The maximum atomic E-state index is 12.6. The standard InChI is InChI=1S/C14H19NO4S2/c1-2-12-3-4-13(20-12)21(18,19)15-7-10-5-9(14(16)17)6-11(10)8-15/h3-4,9-11H,2,5-8H2,1H3,(H,16,17)/t9?,10-,11+. The van der Waals surface area contributed by atoms with Gasteiger partial charge in [-0.15, -0.1) is 11.3 Å². The molecular formula is C14H19NO4S2. The number of carbonyl (C=O) groups is 1. The first-order valence-electron chi connectivity index (χ1n) is 7.23. The molecule has 116 valence electrons. The molecule has 21 heavy (non-hydrogen) atoms. The summed E-state index contributed by atoms with van der Waals surface area (Å²) in [5.74, 6) is -0.638. The van der Waals surface area contributed by atoms with Crippen LogP contribution in [0.5, 0.6) is 0 Å². The second kappa shape index (κ2) is 5.37. The van der Waals surface area contributed by atoms with Crippen molar-refractivity contribution in [1.29, 1.82) is 0 Å². The van der Waals surface area contributed by atoms with E-state index in [1.807, 2.05) is 13.0 Å². The molecule has 3 rings (SSSR count). The van der Waals surface area contributed by atoms with Crippen LogP contribution >= 0.6 is 11.3 Å². The summed E-state index contributed by atoms with van der Waals surface area (Å²) < 4.78 is 27.2. The molecule has 0 radical (unpaired) electrons. The predicted molar refractivity (Wildman–Crippen MR) is 79.8 cm³/mol. The monoisotopic (exact) mass is 329 g/mol. The third-order valence-electron chi connectivity index (χ3n) is 4.65. The van der Waals surface area contributed by atoms with E-state index in [0.717, 1.165) is 11.3 Å². The molecule has 1 saturated carbocycles. The van der Waals surface area contributed by atoms with E-state index < -0.39 is 16.0 Å². The molecule has 1 aromatic rings. The Morgan fingerprint density at radius 3 is 2.43 bits per heavy atom. The molecule has 3 atom stereocenters. The highest BCUT2D eigenvalue weighted by atomic mass is 32.2. The van der Waals surface area contributed by atoms with Gasteiger partial charge in [-0.1, -0.05) is 6.92 Å². The van der Waals surface area contributed by atoms with Crippen molar-refractivity contribution >= 4 is 27.3 Å². The zero-order chi connectivity index (χ0) is 15.2. The fraction of sp³-hybridized carbons (Fsp3) is 0.643. The van der Waals surface area contributed by atoms with Gasteiger partial charge in [-0.05, 0) is 43.2 Å². The minimum absolute atomic E-state index is 0.200. The number of hydrogen-bond donors (Lipinski definition) is 1. The van der Waals surface area contributed by atoms with Crippen molar-refractivity contribution in [1.82, 2.24) is 4.31 Å². The first kappa shape index (κ1) is 15.0. The quantitative estimate of drug-likeness (QED) is 0.917. The van der Waals surface area contributed by atoms with Crippen LogP contribution in [-0.4, -0.2) is 36.9 Å². The lowest BCUT2D eigenvalue weighted by Crippen LogP contribution is -2.30. The molecule has 5 nitrogen and oxygen atoms in total. The summed E-state index contributed by atoms with van der Waals surface area (Å²) in [6.45, 7) is 2.95. The minimum atomic E-state index is -3.40. The average molecular weight is 329 g/mol.